The van der Waals surface area contributed by atoms with Gasteiger partial charge in [-0.1, -0.05) is 0 Å². The van der Waals surface area contributed by atoms with Crippen molar-refractivity contribution in [3.63, 3.8) is 0 Å². The number of methoxy groups -OCH3 is 1. The summed E-state index contributed by atoms with van der Waals surface area (Å²) in [5.74, 6) is -1.67. The molecule has 0 bridgehead atoms. The molecule has 3 fully saturated rings. The van der Waals surface area contributed by atoms with Gasteiger partial charge in [0, 0.05) is 91.4 Å². The first kappa shape index (κ1) is 53.4. The molecule has 0 saturated carbocycles. The average Bonchev–Trinajstić information content (AvgIpc) is 4.15. The highest BCUT2D eigenvalue weighted by Crippen LogP contribution is 2.44. The highest BCUT2D eigenvalue weighted by atomic mass is 32.1. The van der Waals surface area contributed by atoms with E-state index in [1.165, 1.54) is 16.0 Å². The fraction of sp³-hybridized carbons (Fsp3) is 0.455. The van der Waals surface area contributed by atoms with Crippen LogP contribution in [0.5, 0.6) is 5.88 Å². The maximum atomic E-state index is 14.1. The summed E-state index contributed by atoms with van der Waals surface area (Å²) in [5.41, 5.74) is 7.17. The van der Waals surface area contributed by atoms with E-state index in [1.807, 2.05) is 30.5 Å². The number of phosphoric acid groups is 1. The Morgan fingerprint density at radius 1 is 0.782 bits per heavy atom. The van der Waals surface area contributed by atoms with Gasteiger partial charge in [0.25, 0.3) is 23.6 Å². The number of nitrogens with one attached hydrogen (secondary N) is 1. The molecule has 5 aromatic rings. The number of anilines is 5. The number of rotatable bonds is 13. The lowest BCUT2D eigenvalue weighted by atomic mass is 9.91. The Morgan fingerprint density at radius 2 is 1.55 bits per heavy atom. The van der Waals surface area contributed by atoms with Crippen LogP contribution in [0.3, 0.4) is 0 Å². The summed E-state index contributed by atoms with van der Waals surface area (Å²) in [5, 5.41) is 14.7. The number of pyridine rings is 3. The number of fused-ring (bicyclic) bond motifs is 4. The number of ether oxygens (including phenoxy) is 1. The normalized spacial score (nSPS) is 22.9. The van der Waals surface area contributed by atoms with E-state index < -0.39 is 49.8 Å². The van der Waals surface area contributed by atoms with Crippen LogP contribution in [0.25, 0.3) is 11.1 Å². The molecule has 23 heteroatoms. The molecular formula is C55H63N10O11PS. The van der Waals surface area contributed by atoms with Gasteiger partial charge in [0.2, 0.25) is 11.8 Å². The van der Waals surface area contributed by atoms with Gasteiger partial charge in [0.05, 0.1) is 41.1 Å². The summed E-state index contributed by atoms with van der Waals surface area (Å²) in [7, 11) is -3.51. The van der Waals surface area contributed by atoms with Gasteiger partial charge < -0.3 is 34.7 Å². The lowest BCUT2D eigenvalue weighted by Crippen LogP contribution is -2.58. The van der Waals surface area contributed by atoms with E-state index in [9.17, 15) is 43.4 Å². The zero-order valence-corrected chi connectivity index (χ0v) is 45.8. The van der Waals surface area contributed by atoms with Gasteiger partial charge >= 0.3 is 7.82 Å². The number of carbonyl (C=O) groups excluding carboxylic acids is 5. The summed E-state index contributed by atoms with van der Waals surface area (Å²) in [6.07, 6.45) is 9.20. The Morgan fingerprint density at radius 3 is 2.28 bits per heavy atom. The van der Waals surface area contributed by atoms with Crippen molar-refractivity contribution < 1.29 is 52.7 Å². The number of aryl methyl sites for hydroxylation is 1. The van der Waals surface area contributed by atoms with Gasteiger partial charge in [-0.3, -0.25) is 48.1 Å². The van der Waals surface area contributed by atoms with E-state index in [0.29, 0.717) is 63.9 Å². The Balaban J connectivity index is 0.718. The van der Waals surface area contributed by atoms with Gasteiger partial charge in [-0.15, -0.1) is 11.3 Å². The third-order valence-electron chi connectivity index (χ3n) is 16.3. The lowest BCUT2D eigenvalue weighted by molar-refractivity contribution is -0.161. The summed E-state index contributed by atoms with van der Waals surface area (Å²) in [6, 6.07) is 12.1. The number of benzene rings is 1. The first-order valence-electron chi connectivity index (χ1n) is 26.7. The number of imide groups is 2. The van der Waals surface area contributed by atoms with Gasteiger partial charge in [0.1, 0.15) is 29.6 Å². The van der Waals surface area contributed by atoms with E-state index in [4.69, 9.17) is 14.7 Å². The first-order valence-corrected chi connectivity index (χ1v) is 29.0. The zero-order chi connectivity index (χ0) is 54.9. The van der Waals surface area contributed by atoms with Crippen LogP contribution in [0.4, 0.5) is 28.7 Å². The Bertz CT molecular complexity index is 3280. The van der Waals surface area contributed by atoms with Crippen molar-refractivity contribution in [2.75, 3.05) is 59.9 Å². The number of aromatic nitrogens is 3. The number of piperazine rings is 1. The number of piperidine rings is 2. The molecule has 0 spiro atoms. The topological polar surface area (TPSA) is 252 Å². The van der Waals surface area contributed by atoms with E-state index in [-0.39, 0.29) is 42.0 Å². The van der Waals surface area contributed by atoms with Crippen LogP contribution in [0, 0.1) is 0 Å². The van der Waals surface area contributed by atoms with Crippen molar-refractivity contribution in [1.82, 2.24) is 29.7 Å². The quantitative estimate of drug-likeness (QED) is 0.0714. The van der Waals surface area contributed by atoms with Crippen molar-refractivity contribution in [3.05, 3.63) is 98.6 Å². The monoisotopic (exact) mass is 1100 g/mol. The second-order valence-electron chi connectivity index (χ2n) is 21.1. The summed E-state index contributed by atoms with van der Waals surface area (Å²) >= 11 is 1.62. The molecule has 0 radical (unpaired) electrons. The Hall–Kier alpha value is -6.65. The zero-order valence-electron chi connectivity index (χ0n) is 44.1. The predicted octanol–water partition coefficient (Wildman–Crippen LogP) is 6.62. The minimum atomic E-state index is -5.07. The number of thiophene rings is 1. The lowest BCUT2D eigenvalue weighted by Gasteiger charge is -2.48. The number of carbonyl (C=O) groups is 5. The minimum Gasteiger partial charge on any atom is -0.480 e. The molecule has 11 rings (SSSR count). The van der Waals surface area contributed by atoms with Crippen LogP contribution in [0.1, 0.15) is 124 Å². The standard InChI is InChI=1S/C55H63N10O11PS/c1-30-24-35(17-20-61(30)36-10-12-41-42(26-36)53(69)65(52(41)68)44-13-15-47(67)64(54(44)70)33(4)76-77(72,73)74)60-22-23-62(31(2)29-60)37-11-14-46(57-28-37)59-43-25-34(27-58-51(43)75-5)38-16-19-56-50(48(38)32(3)66)63-21-18-40-39-8-6-7-9-45(39)78-49(40)55(63)71/h10-12,14,16,19,25-28,30-33,35,44,66H,6-9,13,15,17-18,20-24,29H2,1-5H3,(H,57,59)(H2,72,73,74)/t30-,31-,32-,33?,35?,44?/m0/s1. The summed E-state index contributed by atoms with van der Waals surface area (Å²) in [6.45, 7) is 10.9. The van der Waals surface area contributed by atoms with Crippen LogP contribution in [0.2, 0.25) is 0 Å². The largest absolute Gasteiger partial charge is 0.480 e. The Kier molecular flexibility index (Phi) is 14.5. The van der Waals surface area contributed by atoms with Crippen molar-refractivity contribution in [1.29, 1.82) is 0 Å². The number of amides is 5. The second kappa shape index (κ2) is 21.2. The molecule has 9 heterocycles. The van der Waals surface area contributed by atoms with Crippen molar-refractivity contribution in [2.45, 2.75) is 122 Å². The fourth-order valence-electron chi connectivity index (χ4n) is 12.6. The van der Waals surface area contributed by atoms with E-state index in [2.05, 4.69) is 49.4 Å². The molecule has 1 aromatic carbocycles. The smallest absolute Gasteiger partial charge is 0.471 e. The van der Waals surface area contributed by atoms with Gasteiger partial charge in [-0.25, -0.2) is 19.5 Å². The number of hydrogen-bond acceptors (Lipinski definition) is 17. The van der Waals surface area contributed by atoms with Crippen LogP contribution in [-0.4, -0.2) is 144 Å². The molecule has 78 heavy (non-hydrogen) atoms. The van der Waals surface area contributed by atoms with Gasteiger partial charge in [0.15, 0.2) is 0 Å². The first-order chi connectivity index (χ1) is 37.4. The predicted molar refractivity (Wildman–Crippen MR) is 291 cm³/mol. The number of nitrogens with zero attached hydrogens (tertiary/aromatic N) is 9. The van der Waals surface area contributed by atoms with E-state index >= 15 is 0 Å². The number of aliphatic hydroxyl groups is 1. The second-order valence-corrected chi connectivity index (χ2v) is 23.4. The van der Waals surface area contributed by atoms with Crippen molar-refractivity contribution in [2.24, 2.45) is 0 Å². The number of likely N-dealkylation sites (tertiary alicyclic amines) is 1. The highest BCUT2D eigenvalue weighted by molar-refractivity contribution is 7.46. The van der Waals surface area contributed by atoms with Gasteiger partial charge in [-0.2, -0.15) is 0 Å². The molecule has 3 unspecified atom stereocenters. The maximum absolute atomic E-state index is 14.1. The molecular weight excluding hydrogens is 1040 g/mol. The molecule has 4 N–H and O–H groups in total. The third kappa shape index (κ3) is 9.85. The number of hydrogen-bond donors (Lipinski definition) is 4. The van der Waals surface area contributed by atoms with E-state index in [1.54, 1.807) is 54.8 Å². The number of phosphoric ester groups is 1. The van der Waals surface area contributed by atoms with E-state index in [0.717, 1.165) is 92.7 Å². The van der Waals surface area contributed by atoms with Crippen molar-refractivity contribution >= 4 is 77.4 Å². The molecule has 21 nitrogen and oxygen atoms in total. The SMILES string of the molecule is COc1ncc(-c2ccnc(N3CCc4c(sc5c4CCCC5)C3=O)c2[C@H](C)O)cc1Nc1ccc(N2CCN(C3CCN(c4ccc5c(c4)C(=O)N(C4CCC(=O)N(C(C)OP(=O)(O)O)C4=O)C5=O)[C@@H](C)C3)C[C@@H]2C)cn1. The molecule has 6 atom stereocenters. The van der Waals surface area contributed by atoms with Crippen LogP contribution in [-0.2, 0) is 37.9 Å². The van der Waals surface area contributed by atoms with Crippen LogP contribution >= 0.6 is 19.2 Å². The number of aliphatic hydroxyl groups excluding tert-OH is 1. The minimum absolute atomic E-state index is 0.0652. The van der Waals surface area contributed by atoms with Crippen LogP contribution in [0.15, 0.2) is 61.1 Å². The van der Waals surface area contributed by atoms with Crippen molar-refractivity contribution in [3.8, 4) is 17.0 Å². The molecule has 410 valence electrons. The fourth-order valence-corrected chi connectivity index (χ4v) is 14.5. The molecule has 1 aliphatic carbocycles. The average molecular weight is 1100 g/mol. The molecule has 5 amide bonds. The molecule has 5 aliphatic heterocycles. The molecule has 3 saturated heterocycles. The Labute approximate surface area is 455 Å². The maximum Gasteiger partial charge on any atom is 0.471 e. The van der Waals surface area contributed by atoms with Gasteiger partial charge in [-0.05, 0) is 138 Å². The van der Waals surface area contributed by atoms with Crippen LogP contribution < -0.4 is 24.8 Å². The molecule has 6 aliphatic rings. The highest BCUT2D eigenvalue weighted by Gasteiger charge is 2.49. The third-order valence-corrected chi connectivity index (χ3v) is 18.2. The summed E-state index contributed by atoms with van der Waals surface area (Å²) < 4.78 is 21.8. The summed E-state index contributed by atoms with van der Waals surface area (Å²) in [4.78, 5) is 113. The molecule has 4 aromatic heterocycles.